The third-order valence-electron chi connectivity index (χ3n) is 1.62. The van der Waals surface area contributed by atoms with Crippen LogP contribution in [0.25, 0.3) is 0 Å². The van der Waals surface area contributed by atoms with Crippen molar-refractivity contribution in [2.75, 3.05) is 0 Å². The Hall–Kier alpha value is 0.187. The van der Waals surface area contributed by atoms with E-state index in [4.69, 9.17) is 10.2 Å². The molecule has 0 saturated carbocycles. The third kappa shape index (κ3) is 1.92. The Labute approximate surface area is 90.1 Å². The van der Waals surface area contributed by atoms with Crippen LogP contribution in [-0.2, 0) is 46.2 Å². The van der Waals surface area contributed by atoms with Gasteiger partial charge in [-0.2, -0.15) is 0 Å². The van der Waals surface area contributed by atoms with Crippen LogP contribution in [0.15, 0.2) is 0 Å². The van der Waals surface area contributed by atoms with Crippen LogP contribution in [0.3, 0.4) is 0 Å². The van der Waals surface area contributed by atoms with E-state index in [-0.39, 0.29) is 0 Å². The van der Waals surface area contributed by atoms with Crippen molar-refractivity contribution in [3.05, 3.63) is 0 Å². The van der Waals surface area contributed by atoms with Crippen molar-refractivity contribution >= 4 is 11.9 Å². The summed E-state index contributed by atoms with van der Waals surface area (Å²) in [6.07, 6.45) is 0. The molecule has 0 aliphatic rings. The summed E-state index contributed by atoms with van der Waals surface area (Å²) in [5, 5.41) is 17.4. The minimum absolute atomic E-state index is 1.18. The molecule has 0 heterocycles. The first-order valence-electron chi connectivity index (χ1n) is 2.94. The number of carboxylic acid groups (broad SMARTS) is 2. The van der Waals surface area contributed by atoms with Crippen LogP contribution in [0.5, 0.6) is 0 Å². The van der Waals surface area contributed by atoms with Crippen molar-refractivity contribution < 1.29 is 56.4 Å². The van der Waals surface area contributed by atoms with E-state index in [1.165, 1.54) is 13.8 Å². The fourth-order valence-corrected chi connectivity index (χ4v) is 0.743. The van der Waals surface area contributed by atoms with Gasteiger partial charge in [-0.1, -0.05) is 0 Å². The number of carbonyl (C=O) groups is 2. The van der Waals surface area contributed by atoms with Crippen LogP contribution in [0.2, 0.25) is 8.02 Å². The van der Waals surface area contributed by atoms with E-state index >= 15 is 0 Å². The van der Waals surface area contributed by atoms with Crippen LogP contribution in [-0.4, -0.2) is 22.2 Å². The molecule has 2 N–H and O–H groups in total. The molecule has 0 aromatic heterocycles. The molecule has 0 bridgehead atoms. The van der Waals surface area contributed by atoms with Crippen molar-refractivity contribution in [3.63, 3.8) is 0 Å². The van der Waals surface area contributed by atoms with Gasteiger partial charge in [-0.15, -0.1) is 0 Å². The molecule has 0 radical (unpaired) electrons. The van der Waals surface area contributed by atoms with Gasteiger partial charge < -0.3 is 0 Å². The average Bonchev–Trinajstić information content (AvgIpc) is 1.86. The molecule has 2 atom stereocenters. The van der Waals surface area contributed by atoms with Gasteiger partial charge in [0.15, 0.2) is 0 Å². The Kier molecular flexibility index (Phi) is 3.56. The SMILES string of the molecule is C[C]([Rh])(C(=O)O)[C](C)([Rh])C(=O)O. The zero-order valence-corrected chi connectivity index (χ0v) is 9.65. The fourth-order valence-electron chi connectivity index (χ4n) is 0.392. The van der Waals surface area contributed by atoms with Crippen LogP contribution < -0.4 is 0 Å². The minimum atomic E-state index is -1.42. The molecular formula is C6H8O4Rh2. The van der Waals surface area contributed by atoms with Crippen molar-refractivity contribution in [2.45, 2.75) is 21.9 Å². The van der Waals surface area contributed by atoms with Gasteiger partial charge in [0.1, 0.15) is 0 Å². The standard InChI is InChI=1S/C6H8O4.2Rh/c1-3(5(7)8)4(2)6(9)10;;/h1-2H3,(H,7,8)(H,9,10);;. The maximum absolute atomic E-state index is 10.7. The third-order valence-corrected chi connectivity index (χ3v) is 4.50. The van der Waals surface area contributed by atoms with Gasteiger partial charge in [-0.3, -0.25) is 0 Å². The van der Waals surface area contributed by atoms with E-state index in [1.807, 2.05) is 0 Å². The summed E-state index contributed by atoms with van der Waals surface area (Å²) in [5.41, 5.74) is 0. The number of aliphatic carboxylic acids is 2. The Morgan fingerprint density at radius 2 is 1.17 bits per heavy atom. The summed E-state index contributed by atoms with van der Waals surface area (Å²) in [7, 11) is 0. The maximum atomic E-state index is 10.7. The summed E-state index contributed by atoms with van der Waals surface area (Å²) in [6, 6.07) is 0. The van der Waals surface area contributed by atoms with Gasteiger partial charge in [0.05, 0.1) is 0 Å². The summed E-state index contributed by atoms with van der Waals surface area (Å²) < 4.78 is -2.85. The normalized spacial score (nSPS) is 20.8. The second-order valence-electron chi connectivity index (χ2n) is 2.53. The molecule has 0 aliphatic heterocycles. The first-order valence-corrected chi connectivity index (χ1v) is 4.58. The van der Waals surface area contributed by atoms with Crippen molar-refractivity contribution in [3.8, 4) is 0 Å². The monoisotopic (exact) mass is 350 g/mol. The van der Waals surface area contributed by atoms with E-state index in [2.05, 4.69) is 36.6 Å². The summed E-state index contributed by atoms with van der Waals surface area (Å²) in [6.45, 7) is 2.66. The summed E-state index contributed by atoms with van der Waals surface area (Å²) in [5.74, 6) is -2.36. The van der Waals surface area contributed by atoms with Gasteiger partial charge in [0, 0.05) is 0 Å². The summed E-state index contributed by atoms with van der Waals surface area (Å²) in [4.78, 5) is 21.3. The Balaban J connectivity index is 5.01. The van der Waals surface area contributed by atoms with Crippen molar-refractivity contribution in [1.82, 2.24) is 0 Å². The van der Waals surface area contributed by atoms with E-state index in [0.717, 1.165) is 0 Å². The zero-order valence-electron chi connectivity index (χ0n) is 6.38. The van der Waals surface area contributed by atoms with Gasteiger partial charge in [-0.25, -0.2) is 0 Å². The summed E-state index contributed by atoms with van der Waals surface area (Å²) >= 11 is 4.50. The van der Waals surface area contributed by atoms with Crippen molar-refractivity contribution in [1.29, 1.82) is 0 Å². The van der Waals surface area contributed by atoms with E-state index in [9.17, 15) is 9.59 Å². The molecule has 74 valence electrons. The van der Waals surface area contributed by atoms with Gasteiger partial charge in [-0.05, 0) is 0 Å². The van der Waals surface area contributed by atoms with Gasteiger partial charge >= 0.3 is 90.2 Å². The number of rotatable bonds is 3. The second-order valence-corrected chi connectivity index (χ2v) is 5.80. The van der Waals surface area contributed by atoms with E-state index < -0.39 is 20.0 Å². The van der Waals surface area contributed by atoms with Crippen LogP contribution in [0.1, 0.15) is 13.8 Å². The molecule has 0 amide bonds. The molecule has 0 aromatic carbocycles. The number of carboxylic acids is 2. The zero-order chi connectivity index (χ0) is 10.2. The molecular weight excluding hydrogens is 342 g/mol. The predicted octanol–water partition coefficient (Wildman–Crippen LogP) is 0.606. The predicted molar refractivity (Wildman–Crippen MR) is 32.0 cm³/mol. The Bertz CT molecular complexity index is 198. The molecule has 2 unspecified atom stereocenters. The first-order chi connectivity index (χ1) is 5.14. The van der Waals surface area contributed by atoms with Gasteiger partial charge in [0.2, 0.25) is 0 Å². The molecule has 0 saturated heterocycles. The quantitative estimate of drug-likeness (QED) is 0.732. The molecule has 0 fully saturated rings. The molecule has 0 rings (SSSR count). The van der Waals surface area contributed by atoms with Crippen LogP contribution >= 0.6 is 0 Å². The average molecular weight is 350 g/mol. The fraction of sp³-hybridized carbons (Fsp3) is 0.667. The Morgan fingerprint density at radius 3 is 1.25 bits per heavy atom. The molecule has 0 aliphatic carbocycles. The van der Waals surface area contributed by atoms with E-state index in [1.54, 1.807) is 0 Å². The number of hydrogen-bond donors (Lipinski definition) is 2. The second kappa shape index (κ2) is 3.51. The molecule has 4 nitrogen and oxygen atoms in total. The first kappa shape index (κ1) is 12.2. The Morgan fingerprint density at radius 1 is 1.00 bits per heavy atom. The van der Waals surface area contributed by atoms with Crippen LogP contribution in [0.4, 0.5) is 0 Å². The van der Waals surface area contributed by atoms with Crippen LogP contribution in [0, 0.1) is 0 Å². The molecule has 6 heteroatoms. The van der Waals surface area contributed by atoms with Crippen molar-refractivity contribution in [2.24, 2.45) is 0 Å². The van der Waals surface area contributed by atoms with Gasteiger partial charge in [0.25, 0.3) is 0 Å². The molecule has 0 spiro atoms. The molecule has 0 aromatic rings. The van der Waals surface area contributed by atoms with E-state index in [0.29, 0.717) is 0 Å². The number of hydrogen-bond acceptors (Lipinski definition) is 2. The molecule has 12 heavy (non-hydrogen) atoms. The topological polar surface area (TPSA) is 74.6 Å².